The zero-order valence-electron chi connectivity index (χ0n) is 29.4. The van der Waals surface area contributed by atoms with Gasteiger partial charge in [-0.25, -0.2) is 0 Å². The molecular formula is C47H38BNOSi. The number of ether oxygens (including phenoxy) is 1. The van der Waals surface area contributed by atoms with Crippen molar-refractivity contribution in [3.05, 3.63) is 169 Å². The lowest BCUT2D eigenvalue weighted by Crippen LogP contribution is -2.73. The number of nitrogens with zero attached hydrogens (tertiary/aromatic N) is 1. The molecule has 3 aliphatic rings. The fourth-order valence-corrected chi connectivity index (χ4v) is 14.4. The summed E-state index contributed by atoms with van der Waals surface area (Å²) in [6.07, 6.45) is 0. The van der Waals surface area contributed by atoms with E-state index in [0.29, 0.717) is 0 Å². The summed E-state index contributed by atoms with van der Waals surface area (Å²) in [5, 5.41) is 5.75. The molecule has 0 amide bonds. The van der Waals surface area contributed by atoms with Crippen LogP contribution < -0.4 is 46.8 Å². The smallest absolute Gasteiger partial charge is 0.256 e. The van der Waals surface area contributed by atoms with Gasteiger partial charge in [-0.2, -0.15) is 0 Å². The van der Waals surface area contributed by atoms with Crippen LogP contribution >= 0.6 is 0 Å². The first kappa shape index (κ1) is 30.3. The summed E-state index contributed by atoms with van der Waals surface area (Å²) in [6.45, 7) is 9.15. The summed E-state index contributed by atoms with van der Waals surface area (Å²) in [5.74, 6) is 1.89. The third kappa shape index (κ3) is 4.23. The predicted octanol–water partition coefficient (Wildman–Crippen LogP) is 7.06. The summed E-state index contributed by atoms with van der Waals surface area (Å²) in [6, 6.07) is 59.3. The Morgan fingerprint density at radius 1 is 0.529 bits per heavy atom. The Morgan fingerprint density at radius 2 is 1.20 bits per heavy atom. The van der Waals surface area contributed by atoms with Gasteiger partial charge in [-0.1, -0.05) is 148 Å². The van der Waals surface area contributed by atoms with Gasteiger partial charge in [-0.15, -0.1) is 0 Å². The zero-order valence-corrected chi connectivity index (χ0v) is 30.4. The van der Waals surface area contributed by atoms with Crippen LogP contribution in [0.3, 0.4) is 0 Å². The third-order valence-corrected chi connectivity index (χ3v) is 16.4. The molecular weight excluding hydrogens is 633 g/mol. The molecule has 0 fully saturated rings. The molecule has 10 rings (SSSR count). The van der Waals surface area contributed by atoms with E-state index in [-0.39, 0.29) is 12.1 Å². The standard InChI is InChI=1S/C47H38BNOSi/c1-31-16-11-13-22-39(31)49-40-23-15-24-43-46(40)48(38-28-32(47(2,3)4)26-27-42(38)50-43)37-30-45-36(29-41(37)49)35-21-12-14-25-44(35)51(45,33-17-7-5-8-18-33)34-19-9-6-10-20-34/h5-30H,1-4H3. The minimum atomic E-state index is -2.71. The molecule has 0 spiro atoms. The molecule has 0 aliphatic carbocycles. The van der Waals surface area contributed by atoms with Crippen molar-refractivity contribution in [3.8, 4) is 22.6 Å². The normalized spacial score (nSPS) is 14.5. The van der Waals surface area contributed by atoms with Crippen molar-refractivity contribution in [1.82, 2.24) is 0 Å². The molecule has 0 bridgehead atoms. The summed E-state index contributed by atoms with van der Waals surface area (Å²) in [7, 11) is -2.71. The quantitative estimate of drug-likeness (QED) is 0.187. The lowest BCUT2D eigenvalue weighted by molar-refractivity contribution is 0.486. The van der Waals surface area contributed by atoms with E-state index in [1.54, 1.807) is 0 Å². The van der Waals surface area contributed by atoms with E-state index in [9.17, 15) is 0 Å². The molecule has 4 heteroatoms. The zero-order chi connectivity index (χ0) is 34.5. The lowest BCUT2D eigenvalue weighted by Gasteiger charge is -2.41. The van der Waals surface area contributed by atoms with Crippen LogP contribution in [0, 0.1) is 6.92 Å². The molecule has 51 heavy (non-hydrogen) atoms. The third-order valence-electron chi connectivity index (χ3n) is 11.5. The molecule has 0 unspecified atom stereocenters. The molecule has 7 aromatic rings. The van der Waals surface area contributed by atoms with E-state index >= 15 is 0 Å². The van der Waals surface area contributed by atoms with E-state index in [1.165, 1.54) is 76.5 Å². The van der Waals surface area contributed by atoms with Gasteiger partial charge in [0.15, 0.2) is 8.07 Å². The van der Waals surface area contributed by atoms with Crippen molar-refractivity contribution in [2.45, 2.75) is 33.1 Å². The van der Waals surface area contributed by atoms with Gasteiger partial charge in [0, 0.05) is 17.1 Å². The maximum Gasteiger partial charge on any atom is 0.256 e. The Morgan fingerprint density at radius 3 is 1.92 bits per heavy atom. The number of rotatable bonds is 3. The van der Waals surface area contributed by atoms with Crippen molar-refractivity contribution in [3.63, 3.8) is 0 Å². The first-order valence-electron chi connectivity index (χ1n) is 18.1. The van der Waals surface area contributed by atoms with Crippen LogP contribution in [0.25, 0.3) is 11.1 Å². The predicted molar refractivity (Wildman–Crippen MR) is 218 cm³/mol. The van der Waals surface area contributed by atoms with Crippen molar-refractivity contribution < 1.29 is 4.74 Å². The number of para-hydroxylation sites is 1. The van der Waals surface area contributed by atoms with Gasteiger partial charge in [-0.05, 0) is 102 Å². The van der Waals surface area contributed by atoms with Gasteiger partial charge < -0.3 is 9.64 Å². The Balaban J connectivity index is 1.36. The van der Waals surface area contributed by atoms with Gasteiger partial charge in [0.25, 0.3) is 6.71 Å². The number of anilines is 3. The highest BCUT2D eigenvalue weighted by molar-refractivity contribution is 7.22. The van der Waals surface area contributed by atoms with Crippen LogP contribution in [-0.2, 0) is 5.41 Å². The minimum Gasteiger partial charge on any atom is -0.458 e. The van der Waals surface area contributed by atoms with E-state index in [4.69, 9.17) is 4.74 Å². The molecule has 244 valence electrons. The second kappa shape index (κ2) is 11.0. The maximum absolute atomic E-state index is 6.83. The molecule has 0 radical (unpaired) electrons. The van der Waals surface area contributed by atoms with E-state index in [0.717, 1.165) is 11.5 Å². The summed E-state index contributed by atoms with van der Waals surface area (Å²) in [4.78, 5) is 2.51. The highest BCUT2D eigenvalue weighted by Gasteiger charge is 2.51. The van der Waals surface area contributed by atoms with Crippen LogP contribution in [0.1, 0.15) is 31.9 Å². The fraction of sp³-hybridized carbons (Fsp3) is 0.106. The van der Waals surface area contributed by atoms with E-state index in [1.807, 2.05) is 0 Å². The van der Waals surface area contributed by atoms with Gasteiger partial charge >= 0.3 is 0 Å². The van der Waals surface area contributed by atoms with Gasteiger partial charge in [0.1, 0.15) is 11.5 Å². The number of fused-ring (bicyclic) bond motifs is 7. The van der Waals surface area contributed by atoms with Crippen LogP contribution in [0.5, 0.6) is 11.5 Å². The topological polar surface area (TPSA) is 12.5 Å². The Kier molecular flexibility index (Phi) is 6.50. The highest BCUT2D eigenvalue weighted by atomic mass is 28.3. The van der Waals surface area contributed by atoms with Gasteiger partial charge in [0.2, 0.25) is 0 Å². The van der Waals surface area contributed by atoms with E-state index < -0.39 is 8.07 Å². The van der Waals surface area contributed by atoms with E-state index in [2.05, 4.69) is 190 Å². The highest BCUT2D eigenvalue weighted by Crippen LogP contribution is 2.43. The number of hydrogen-bond donors (Lipinski definition) is 0. The molecule has 0 N–H and O–H groups in total. The molecule has 0 saturated heterocycles. The molecule has 0 aromatic heterocycles. The Labute approximate surface area is 302 Å². The molecule has 3 aliphatic heterocycles. The van der Waals surface area contributed by atoms with Crippen LogP contribution in [0.4, 0.5) is 17.1 Å². The lowest BCUT2D eigenvalue weighted by atomic mass is 9.34. The average Bonchev–Trinajstić information content (AvgIpc) is 3.44. The van der Waals surface area contributed by atoms with Crippen molar-refractivity contribution in [2.24, 2.45) is 0 Å². The fourth-order valence-electron chi connectivity index (χ4n) is 9.16. The molecule has 3 heterocycles. The summed E-state index contributed by atoms with van der Waals surface area (Å²) >= 11 is 0. The maximum atomic E-state index is 6.83. The largest absolute Gasteiger partial charge is 0.458 e. The minimum absolute atomic E-state index is 0.00176. The molecule has 7 aromatic carbocycles. The molecule has 0 atom stereocenters. The SMILES string of the molecule is Cc1ccccc1N1c2cc3c(cc2B2c4cc(C(C)(C)C)ccc4Oc4cccc1c42)[Si](c1ccccc1)(c1ccccc1)c1ccccc1-3. The van der Waals surface area contributed by atoms with Crippen LogP contribution in [0.2, 0.25) is 0 Å². The summed E-state index contributed by atoms with van der Waals surface area (Å²) in [5.41, 5.74) is 12.7. The number of benzene rings is 7. The van der Waals surface area contributed by atoms with Gasteiger partial charge in [0.05, 0.1) is 0 Å². The first-order chi connectivity index (χ1) is 24.9. The monoisotopic (exact) mass is 671 g/mol. The van der Waals surface area contributed by atoms with Crippen molar-refractivity contribution in [1.29, 1.82) is 0 Å². The molecule has 0 saturated carbocycles. The van der Waals surface area contributed by atoms with Crippen molar-refractivity contribution >= 4 is 69.0 Å². The molecule has 2 nitrogen and oxygen atoms in total. The van der Waals surface area contributed by atoms with Crippen LogP contribution in [-0.4, -0.2) is 14.8 Å². The first-order valence-corrected chi connectivity index (χ1v) is 20.1. The average molecular weight is 672 g/mol. The second-order valence-electron chi connectivity index (χ2n) is 15.3. The number of hydrogen-bond acceptors (Lipinski definition) is 2. The summed E-state index contributed by atoms with van der Waals surface area (Å²) < 4.78 is 6.83. The Hall–Kier alpha value is -5.58. The second-order valence-corrected chi connectivity index (χ2v) is 19.1. The van der Waals surface area contributed by atoms with Gasteiger partial charge in [-0.3, -0.25) is 0 Å². The number of aryl methyl sites for hydroxylation is 1. The Bertz CT molecular complexity index is 2480. The van der Waals surface area contributed by atoms with Crippen LogP contribution in [0.15, 0.2) is 158 Å². The van der Waals surface area contributed by atoms with Crippen molar-refractivity contribution in [2.75, 3.05) is 4.90 Å².